The molecule has 0 saturated carbocycles. The van der Waals surface area contributed by atoms with Crippen molar-refractivity contribution in [2.75, 3.05) is 10.6 Å². The Balaban J connectivity index is 1.78. The van der Waals surface area contributed by atoms with Crippen molar-refractivity contribution in [2.45, 2.75) is 52.5 Å². The first-order chi connectivity index (χ1) is 14.9. The maximum atomic E-state index is 13.1. The molecular formula is C22H26N4O4S2. The molecule has 0 unspecified atom stereocenters. The maximum absolute atomic E-state index is 13.1. The number of fused-ring (bicyclic) bond motifs is 1. The number of rotatable bonds is 6. The molecule has 32 heavy (non-hydrogen) atoms. The van der Waals surface area contributed by atoms with Crippen LogP contribution in [0, 0.1) is 27.7 Å². The predicted molar refractivity (Wildman–Crippen MR) is 128 cm³/mol. The van der Waals surface area contributed by atoms with Gasteiger partial charge in [0.1, 0.15) is 0 Å². The molecule has 0 aliphatic rings. The van der Waals surface area contributed by atoms with Crippen molar-refractivity contribution in [3.8, 4) is 0 Å². The minimum Gasteiger partial charge on any atom is -0.326 e. The molecular weight excluding hydrogens is 448 g/mol. The standard InChI is InChI=1S/C22H26N4O4S2/c1-11-9-12(2)14(4)20(13(11)3)32(29,30)26-15(5)21(28)25-22-24-18-8-7-17(23-16(6)27)10-19(18)31-22/h7-10,15,26H,1-6H3,(H,23,27)(H,24,25,28)/t15-/m0/s1. The summed E-state index contributed by atoms with van der Waals surface area (Å²) in [5, 5.41) is 5.71. The second-order valence-electron chi connectivity index (χ2n) is 7.80. The number of benzene rings is 2. The van der Waals surface area contributed by atoms with Crippen LogP contribution in [-0.2, 0) is 19.6 Å². The van der Waals surface area contributed by atoms with Gasteiger partial charge >= 0.3 is 0 Å². The van der Waals surface area contributed by atoms with Gasteiger partial charge in [0.05, 0.1) is 21.2 Å². The van der Waals surface area contributed by atoms with E-state index in [-0.39, 0.29) is 10.8 Å². The van der Waals surface area contributed by atoms with Crippen LogP contribution in [0.2, 0.25) is 0 Å². The minimum atomic E-state index is -3.91. The molecule has 1 heterocycles. The third kappa shape index (κ3) is 4.98. The highest BCUT2D eigenvalue weighted by Gasteiger charge is 2.27. The Bertz CT molecular complexity index is 1300. The van der Waals surface area contributed by atoms with Gasteiger partial charge < -0.3 is 10.6 Å². The third-order valence-corrected chi connectivity index (χ3v) is 7.98. The molecule has 170 valence electrons. The number of hydrogen-bond donors (Lipinski definition) is 3. The lowest BCUT2D eigenvalue weighted by Gasteiger charge is -2.18. The highest BCUT2D eigenvalue weighted by Crippen LogP contribution is 2.29. The van der Waals surface area contributed by atoms with E-state index in [0.717, 1.165) is 15.8 Å². The molecule has 0 aliphatic carbocycles. The van der Waals surface area contributed by atoms with Crippen LogP contribution < -0.4 is 15.4 Å². The van der Waals surface area contributed by atoms with Crippen molar-refractivity contribution >= 4 is 54.2 Å². The summed E-state index contributed by atoms with van der Waals surface area (Å²) in [5.41, 5.74) is 4.36. The number of aryl methyl sites for hydroxylation is 2. The van der Waals surface area contributed by atoms with E-state index in [0.29, 0.717) is 27.5 Å². The van der Waals surface area contributed by atoms with E-state index in [1.165, 1.54) is 25.2 Å². The van der Waals surface area contributed by atoms with Gasteiger partial charge in [0, 0.05) is 12.6 Å². The Kier molecular flexibility index (Phi) is 6.68. The first-order valence-electron chi connectivity index (χ1n) is 9.98. The molecule has 0 radical (unpaired) electrons. The number of carbonyl (C=O) groups is 2. The zero-order valence-corrected chi connectivity index (χ0v) is 20.4. The number of sulfonamides is 1. The molecule has 0 aliphatic heterocycles. The molecule has 0 saturated heterocycles. The van der Waals surface area contributed by atoms with E-state index in [2.05, 4.69) is 20.3 Å². The van der Waals surface area contributed by atoms with Crippen LogP contribution >= 0.6 is 11.3 Å². The van der Waals surface area contributed by atoms with Crippen LogP contribution in [0.3, 0.4) is 0 Å². The second-order valence-corrected chi connectivity index (χ2v) is 10.5. The van der Waals surface area contributed by atoms with Gasteiger partial charge in [-0.15, -0.1) is 0 Å². The van der Waals surface area contributed by atoms with Crippen molar-refractivity contribution in [3.63, 3.8) is 0 Å². The van der Waals surface area contributed by atoms with Gasteiger partial charge in [-0.3, -0.25) is 9.59 Å². The van der Waals surface area contributed by atoms with Crippen molar-refractivity contribution in [1.82, 2.24) is 9.71 Å². The molecule has 0 bridgehead atoms. The summed E-state index contributed by atoms with van der Waals surface area (Å²) in [4.78, 5) is 28.5. The summed E-state index contributed by atoms with van der Waals surface area (Å²) in [5.74, 6) is -0.702. The fourth-order valence-corrected chi connectivity index (χ4v) is 6.13. The van der Waals surface area contributed by atoms with Crippen LogP contribution in [0.4, 0.5) is 10.8 Å². The number of nitrogens with one attached hydrogen (secondary N) is 3. The zero-order chi connectivity index (χ0) is 23.8. The minimum absolute atomic E-state index is 0.183. The fourth-order valence-electron chi connectivity index (χ4n) is 3.40. The SMILES string of the molecule is CC(=O)Nc1ccc2nc(NC(=O)[C@H](C)NS(=O)(=O)c3c(C)c(C)cc(C)c3C)sc2c1. The highest BCUT2D eigenvalue weighted by molar-refractivity contribution is 7.89. The van der Waals surface area contributed by atoms with Crippen LogP contribution in [0.5, 0.6) is 0 Å². The van der Waals surface area contributed by atoms with Crippen LogP contribution in [0.25, 0.3) is 10.2 Å². The Hall–Kier alpha value is -2.82. The van der Waals surface area contributed by atoms with Gasteiger partial charge in [0.2, 0.25) is 21.8 Å². The summed E-state index contributed by atoms with van der Waals surface area (Å²) in [6, 6.07) is 6.17. The van der Waals surface area contributed by atoms with Crippen LogP contribution in [-0.4, -0.2) is 31.3 Å². The number of aromatic nitrogens is 1. The Labute approximate surface area is 191 Å². The molecule has 2 aromatic carbocycles. The molecule has 2 amide bonds. The third-order valence-electron chi connectivity index (χ3n) is 5.23. The van der Waals surface area contributed by atoms with Crippen molar-refractivity contribution in [2.24, 2.45) is 0 Å². The molecule has 3 aromatic rings. The lowest BCUT2D eigenvalue weighted by molar-refractivity contribution is -0.117. The largest absolute Gasteiger partial charge is 0.326 e. The van der Waals surface area contributed by atoms with Gasteiger partial charge in [-0.2, -0.15) is 4.72 Å². The van der Waals surface area contributed by atoms with E-state index < -0.39 is 22.0 Å². The Morgan fingerprint density at radius 3 is 2.22 bits per heavy atom. The summed E-state index contributed by atoms with van der Waals surface area (Å²) in [6.07, 6.45) is 0. The summed E-state index contributed by atoms with van der Waals surface area (Å²) >= 11 is 1.24. The molecule has 0 fully saturated rings. The highest BCUT2D eigenvalue weighted by atomic mass is 32.2. The van der Waals surface area contributed by atoms with Crippen LogP contribution in [0.1, 0.15) is 36.1 Å². The topological polar surface area (TPSA) is 117 Å². The molecule has 8 nitrogen and oxygen atoms in total. The first-order valence-corrected chi connectivity index (χ1v) is 12.3. The zero-order valence-electron chi connectivity index (χ0n) is 18.8. The molecule has 3 N–H and O–H groups in total. The average molecular weight is 475 g/mol. The molecule has 1 aromatic heterocycles. The van der Waals surface area contributed by atoms with Gasteiger partial charge in [-0.05, 0) is 75.1 Å². The lowest BCUT2D eigenvalue weighted by Crippen LogP contribution is -2.42. The summed E-state index contributed by atoms with van der Waals surface area (Å²) in [6.45, 7) is 10.2. The van der Waals surface area contributed by atoms with Crippen molar-refractivity contribution in [1.29, 1.82) is 0 Å². The predicted octanol–water partition coefficient (Wildman–Crippen LogP) is 3.79. The van der Waals surface area contributed by atoms with Gasteiger partial charge in [0.25, 0.3) is 0 Å². The summed E-state index contributed by atoms with van der Waals surface area (Å²) < 4.78 is 29.4. The Morgan fingerprint density at radius 1 is 1.00 bits per heavy atom. The monoisotopic (exact) mass is 474 g/mol. The number of thiazole rings is 1. The first kappa shape index (κ1) is 23.8. The Morgan fingerprint density at radius 2 is 1.62 bits per heavy atom. The van der Waals surface area contributed by atoms with Gasteiger partial charge in [-0.25, -0.2) is 13.4 Å². The fraction of sp³-hybridized carbons (Fsp3) is 0.318. The summed E-state index contributed by atoms with van der Waals surface area (Å²) in [7, 11) is -3.91. The normalized spacial score (nSPS) is 12.6. The smallest absolute Gasteiger partial charge is 0.244 e. The molecule has 3 rings (SSSR count). The number of nitrogens with zero attached hydrogens (tertiary/aromatic N) is 1. The number of carbonyl (C=O) groups excluding carboxylic acids is 2. The van der Waals surface area contributed by atoms with Crippen LogP contribution in [0.15, 0.2) is 29.2 Å². The molecule has 1 atom stereocenters. The molecule has 10 heteroatoms. The second kappa shape index (κ2) is 8.97. The number of anilines is 2. The van der Waals surface area contributed by atoms with Gasteiger partial charge in [-0.1, -0.05) is 17.4 Å². The average Bonchev–Trinajstić information content (AvgIpc) is 3.07. The number of hydrogen-bond acceptors (Lipinski definition) is 6. The van der Waals surface area contributed by atoms with Crippen molar-refractivity contribution in [3.05, 3.63) is 46.5 Å². The number of amides is 2. The maximum Gasteiger partial charge on any atom is 0.244 e. The van der Waals surface area contributed by atoms with E-state index in [9.17, 15) is 18.0 Å². The molecule has 0 spiro atoms. The van der Waals surface area contributed by atoms with E-state index in [1.807, 2.05) is 19.9 Å². The quantitative estimate of drug-likeness (QED) is 0.502. The lowest BCUT2D eigenvalue weighted by atomic mass is 10.0. The van der Waals surface area contributed by atoms with E-state index in [4.69, 9.17) is 0 Å². The van der Waals surface area contributed by atoms with Gasteiger partial charge in [0.15, 0.2) is 5.13 Å². The van der Waals surface area contributed by atoms with E-state index >= 15 is 0 Å². The van der Waals surface area contributed by atoms with Crippen molar-refractivity contribution < 1.29 is 18.0 Å². The van der Waals surface area contributed by atoms with E-state index in [1.54, 1.807) is 32.0 Å².